The van der Waals surface area contributed by atoms with E-state index >= 15 is 0 Å². The second kappa shape index (κ2) is 9.27. The van der Waals surface area contributed by atoms with Gasteiger partial charge in [-0.3, -0.25) is 5.32 Å². The molecule has 2 heterocycles. The highest BCUT2D eigenvalue weighted by molar-refractivity contribution is 5.85. The Kier molecular flexibility index (Phi) is 6.28. The summed E-state index contributed by atoms with van der Waals surface area (Å²) in [5.41, 5.74) is 3.62. The summed E-state index contributed by atoms with van der Waals surface area (Å²) in [6.07, 6.45) is 0.849. The van der Waals surface area contributed by atoms with E-state index in [1.807, 2.05) is 42.5 Å². The van der Waals surface area contributed by atoms with Crippen molar-refractivity contribution in [3.05, 3.63) is 53.6 Å². The molecule has 2 aliphatic rings. The summed E-state index contributed by atoms with van der Waals surface area (Å²) < 4.78 is 16.2. The zero-order chi connectivity index (χ0) is 21.8. The fraction of sp³-hybridized carbons (Fsp3) is 0.417. The largest absolute Gasteiger partial charge is 0.497 e. The van der Waals surface area contributed by atoms with Crippen LogP contribution in [0.3, 0.4) is 0 Å². The average molecular weight is 421 g/mol. The van der Waals surface area contributed by atoms with Crippen molar-refractivity contribution in [2.45, 2.75) is 37.8 Å². The third-order valence-electron chi connectivity index (χ3n) is 5.93. The lowest BCUT2D eigenvalue weighted by molar-refractivity contribution is 0.00592. The number of fused-ring (bicyclic) bond motifs is 1. The lowest BCUT2D eigenvalue weighted by Gasteiger charge is -2.28. The van der Waals surface area contributed by atoms with Gasteiger partial charge in [0.05, 0.1) is 38.4 Å². The first-order valence-electron chi connectivity index (χ1n) is 10.6. The van der Waals surface area contributed by atoms with Gasteiger partial charge in [-0.2, -0.15) is 5.26 Å². The Bertz CT molecular complexity index is 981. The second-order valence-electron chi connectivity index (χ2n) is 7.73. The minimum Gasteiger partial charge on any atom is -0.497 e. The molecule has 1 amide bonds. The highest BCUT2D eigenvalue weighted by Crippen LogP contribution is 2.49. The maximum absolute atomic E-state index is 12.4. The first-order chi connectivity index (χ1) is 15.1. The molecule has 0 spiro atoms. The maximum Gasteiger partial charge on any atom is 0.411 e. The highest BCUT2D eigenvalue weighted by atomic mass is 16.6. The normalized spacial score (nSPS) is 20.6. The van der Waals surface area contributed by atoms with E-state index < -0.39 is 6.09 Å². The van der Waals surface area contributed by atoms with Gasteiger partial charge in [-0.05, 0) is 36.2 Å². The van der Waals surface area contributed by atoms with Crippen molar-refractivity contribution >= 4 is 17.5 Å². The van der Waals surface area contributed by atoms with Crippen LogP contribution in [0.4, 0.5) is 16.2 Å². The van der Waals surface area contributed by atoms with Crippen LogP contribution in [0.15, 0.2) is 42.5 Å². The van der Waals surface area contributed by atoms with E-state index in [1.54, 1.807) is 7.11 Å². The van der Waals surface area contributed by atoms with Gasteiger partial charge < -0.3 is 19.1 Å². The number of hydrogen-bond acceptors (Lipinski definition) is 6. The third-order valence-corrected chi connectivity index (χ3v) is 5.93. The number of likely N-dealkylation sites (N-methyl/N-ethyl adjacent to an activating group) is 1. The Hall–Kier alpha value is -3.24. The quantitative estimate of drug-likeness (QED) is 0.759. The van der Waals surface area contributed by atoms with Gasteiger partial charge in [0.2, 0.25) is 0 Å². The monoisotopic (exact) mass is 421 g/mol. The molecule has 2 atom stereocenters. The Balaban J connectivity index is 1.56. The van der Waals surface area contributed by atoms with Crippen LogP contribution in [0.5, 0.6) is 5.75 Å². The van der Waals surface area contributed by atoms with Gasteiger partial charge in [0.25, 0.3) is 0 Å². The summed E-state index contributed by atoms with van der Waals surface area (Å²) in [6, 6.07) is 15.8. The Morgan fingerprint density at radius 2 is 2.06 bits per heavy atom. The van der Waals surface area contributed by atoms with Crippen LogP contribution in [-0.2, 0) is 9.47 Å². The molecular formula is C24H27N3O4. The van der Waals surface area contributed by atoms with Crippen LogP contribution in [0, 0.1) is 11.3 Å². The topological polar surface area (TPSA) is 83.8 Å². The zero-order valence-corrected chi connectivity index (χ0v) is 17.8. The number of benzene rings is 2. The minimum absolute atomic E-state index is 0.116. The van der Waals surface area contributed by atoms with Crippen molar-refractivity contribution in [2.75, 3.05) is 37.1 Å². The number of nitrogens with one attached hydrogen (secondary N) is 1. The molecule has 31 heavy (non-hydrogen) atoms. The van der Waals surface area contributed by atoms with Gasteiger partial charge >= 0.3 is 6.09 Å². The molecule has 0 radical (unpaired) electrons. The Morgan fingerprint density at radius 1 is 1.26 bits per heavy atom. The SMILES string of the molecule is CCN1c2cc(OC)ccc2C(C#N)C1c1cccc(NC(=O)OC2CCOCC2)c1. The predicted octanol–water partition coefficient (Wildman–Crippen LogP) is 4.61. The number of carbonyl (C=O) groups excluding carboxylic acids is 1. The molecule has 2 aliphatic heterocycles. The van der Waals surface area contributed by atoms with Gasteiger partial charge in [-0.1, -0.05) is 18.2 Å². The van der Waals surface area contributed by atoms with Crippen LogP contribution in [-0.4, -0.2) is 39.1 Å². The second-order valence-corrected chi connectivity index (χ2v) is 7.73. The van der Waals surface area contributed by atoms with Crippen LogP contribution in [0.2, 0.25) is 0 Å². The number of carbonyl (C=O) groups is 1. The number of nitrogens with zero attached hydrogens (tertiary/aromatic N) is 2. The molecule has 162 valence electrons. The molecule has 2 aromatic rings. The van der Waals surface area contributed by atoms with Gasteiger partial charge in [0.15, 0.2) is 0 Å². The summed E-state index contributed by atoms with van der Waals surface area (Å²) in [5, 5.41) is 12.8. The fourth-order valence-electron chi connectivity index (χ4n) is 4.43. The van der Waals surface area contributed by atoms with E-state index in [-0.39, 0.29) is 18.1 Å². The number of ether oxygens (including phenoxy) is 3. The summed E-state index contributed by atoms with van der Waals surface area (Å²) in [4.78, 5) is 14.6. The van der Waals surface area contributed by atoms with Crippen molar-refractivity contribution < 1.29 is 19.0 Å². The van der Waals surface area contributed by atoms with E-state index in [0.29, 0.717) is 31.7 Å². The van der Waals surface area contributed by atoms with Gasteiger partial charge in [0.1, 0.15) is 11.9 Å². The molecule has 0 aromatic heterocycles. The number of hydrogen-bond donors (Lipinski definition) is 1. The molecule has 2 unspecified atom stereocenters. The van der Waals surface area contributed by atoms with Gasteiger partial charge in [-0.25, -0.2) is 4.79 Å². The first-order valence-corrected chi connectivity index (χ1v) is 10.6. The summed E-state index contributed by atoms with van der Waals surface area (Å²) in [6.45, 7) is 4.04. The van der Waals surface area contributed by atoms with Gasteiger partial charge in [-0.15, -0.1) is 0 Å². The third kappa shape index (κ3) is 4.30. The summed E-state index contributed by atoms with van der Waals surface area (Å²) in [7, 11) is 1.64. The number of methoxy groups -OCH3 is 1. The number of nitriles is 1. The van der Waals surface area contributed by atoms with Crippen molar-refractivity contribution in [1.82, 2.24) is 0 Å². The molecular weight excluding hydrogens is 394 g/mol. The molecule has 1 fully saturated rings. The molecule has 2 aromatic carbocycles. The summed E-state index contributed by atoms with van der Waals surface area (Å²) >= 11 is 0. The Labute approximate surface area is 182 Å². The number of amides is 1. The predicted molar refractivity (Wildman–Crippen MR) is 117 cm³/mol. The van der Waals surface area contributed by atoms with E-state index in [2.05, 4.69) is 23.2 Å². The average Bonchev–Trinajstić information content (AvgIpc) is 3.12. The standard InChI is InChI=1S/C24H27N3O4/c1-3-27-22-14-19(29-2)7-8-20(22)21(15-25)23(27)16-5-4-6-17(13-16)26-24(28)31-18-9-11-30-12-10-18/h4-8,13-14,18,21,23H,3,9-12H2,1-2H3,(H,26,28). The maximum atomic E-state index is 12.4. The molecule has 0 saturated carbocycles. The molecule has 7 heteroatoms. The molecule has 1 saturated heterocycles. The van der Waals surface area contributed by atoms with Crippen LogP contribution >= 0.6 is 0 Å². The minimum atomic E-state index is -0.465. The van der Waals surface area contributed by atoms with Crippen molar-refractivity contribution in [2.24, 2.45) is 0 Å². The van der Waals surface area contributed by atoms with Crippen LogP contribution < -0.4 is 15.0 Å². The lowest BCUT2D eigenvalue weighted by Crippen LogP contribution is -2.28. The zero-order valence-electron chi connectivity index (χ0n) is 17.8. The van der Waals surface area contributed by atoms with Crippen LogP contribution in [0.1, 0.15) is 42.9 Å². The highest BCUT2D eigenvalue weighted by Gasteiger charge is 2.39. The smallest absolute Gasteiger partial charge is 0.411 e. The molecule has 4 rings (SSSR count). The molecule has 0 aliphatic carbocycles. The molecule has 7 nitrogen and oxygen atoms in total. The van der Waals surface area contributed by atoms with E-state index in [1.165, 1.54) is 0 Å². The van der Waals surface area contributed by atoms with E-state index in [0.717, 1.165) is 29.1 Å². The first kappa shape index (κ1) is 21.0. The number of rotatable bonds is 5. The van der Waals surface area contributed by atoms with E-state index in [4.69, 9.17) is 14.2 Å². The fourth-order valence-corrected chi connectivity index (χ4v) is 4.43. The van der Waals surface area contributed by atoms with Crippen molar-refractivity contribution in [3.8, 4) is 11.8 Å². The summed E-state index contributed by atoms with van der Waals surface area (Å²) in [5.74, 6) is 0.450. The molecule has 1 N–H and O–H groups in total. The Morgan fingerprint density at radius 3 is 2.77 bits per heavy atom. The number of anilines is 2. The van der Waals surface area contributed by atoms with Crippen molar-refractivity contribution in [3.63, 3.8) is 0 Å². The van der Waals surface area contributed by atoms with E-state index in [9.17, 15) is 10.1 Å². The van der Waals surface area contributed by atoms with Crippen molar-refractivity contribution in [1.29, 1.82) is 5.26 Å². The van der Waals surface area contributed by atoms with Gasteiger partial charge in [0, 0.05) is 36.8 Å². The van der Waals surface area contributed by atoms with Crippen LogP contribution in [0.25, 0.3) is 0 Å². The molecule has 0 bridgehead atoms. The lowest BCUT2D eigenvalue weighted by atomic mass is 9.91.